The van der Waals surface area contributed by atoms with Crippen molar-refractivity contribution in [3.63, 3.8) is 0 Å². The molecular weight excluding hydrogens is 453 g/mol. The van der Waals surface area contributed by atoms with Crippen LogP contribution >= 0.6 is 12.6 Å². The van der Waals surface area contributed by atoms with Crippen LogP contribution in [0.25, 0.3) is 0 Å². The number of sulfonamides is 2. The summed E-state index contributed by atoms with van der Waals surface area (Å²) >= 11 is 4.27. The Balaban J connectivity index is 1.77. The molecule has 162 valence electrons. The summed E-state index contributed by atoms with van der Waals surface area (Å²) in [5.41, 5.74) is 2.95. The van der Waals surface area contributed by atoms with Gasteiger partial charge in [0.05, 0.1) is 9.79 Å². The second kappa shape index (κ2) is 8.63. The van der Waals surface area contributed by atoms with Gasteiger partial charge >= 0.3 is 0 Å². The zero-order chi connectivity index (χ0) is 22.1. The average molecular weight is 474 g/mol. The van der Waals surface area contributed by atoms with Gasteiger partial charge in [0, 0.05) is 11.8 Å². The standard InChI is InChI=1S/C18H20FN3O5S3/c1-12-2-6-15(7-3-12)29(24,25)21-20-18(23)17-10-14(28)11-22(17)30(26,27)16-8-4-13(19)5-9-16/h2-9,14,17,21,28H,10-11H2,1H3,(H,20,23)/t14-,17+/m1/s1. The fourth-order valence-electron chi connectivity index (χ4n) is 3.01. The van der Waals surface area contributed by atoms with Crippen molar-refractivity contribution >= 4 is 38.6 Å². The monoisotopic (exact) mass is 473 g/mol. The SMILES string of the molecule is Cc1ccc(S(=O)(=O)NNC(=O)[C@@H]2C[C@@H](S)CN2S(=O)(=O)c2ccc(F)cc2)cc1. The van der Waals surface area contributed by atoms with E-state index < -0.39 is 43.1 Å². The van der Waals surface area contributed by atoms with Crippen LogP contribution in [0.5, 0.6) is 0 Å². The molecule has 2 atom stereocenters. The summed E-state index contributed by atoms with van der Waals surface area (Å²) in [5, 5.41) is -0.426. The molecule has 1 aliphatic heterocycles. The van der Waals surface area contributed by atoms with Crippen LogP contribution in [-0.2, 0) is 24.8 Å². The lowest BCUT2D eigenvalue weighted by molar-refractivity contribution is -0.124. The number of nitrogens with one attached hydrogen (secondary N) is 2. The maximum absolute atomic E-state index is 13.1. The summed E-state index contributed by atoms with van der Waals surface area (Å²) < 4.78 is 64.6. The van der Waals surface area contributed by atoms with E-state index in [4.69, 9.17) is 0 Å². The van der Waals surface area contributed by atoms with Gasteiger partial charge in [0.25, 0.3) is 15.9 Å². The molecule has 0 unspecified atom stereocenters. The number of halogens is 1. The first-order chi connectivity index (χ1) is 14.0. The molecule has 2 aromatic rings. The number of hydrogen-bond acceptors (Lipinski definition) is 6. The van der Waals surface area contributed by atoms with E-state index in [1.54, 1.807) is 19.1 Å². The van der Waals surface area contributed by atoms with Crippen LogP contribution < -0.4 is 10.3 Å². The maximum atomic E-state index is 13.1. The number of hydrogen-bond donors (Lipinski definition) is 3. The smallest absolute Gasteiger partial charge is 0.257 e. The Kier molecular flexibility index (Phi) is 6.53. The highest BCUT2D eigenvalue weighted by Gasteiger charge is 2.43. The van der Waals surface area contributed by atoms with Gasteiger partial charge in [0.1, 0.15) is 11.9 Å². The predicted molar refractivity (Wildman–Crippen MR) is 111 cm³/mol. The maximum Gasteiger partial charge on any atom is 0.257 e. The van der Waals surface area contributed by atoms with Crippen molar-refractivity contribution < 1.29 is 26.0 Å². The average Bonchev–Trinajstić information content (AvgIpc) is 3.09. The Morgan fingerprint density at radius 1 is 1.03 bits per heavy atom. The second-order valence-corrected chi connectivity index (χ2v) is 11.1. The predicted octanol–water partition coefficient (Wildman–Crippen LogP) is 1.21. The quantitative estimate of drug-likeness (QED) is 0.431. The van der Waals surface area contributed by atoms with Gasteiger partial charge in [0.15, 0.2) is 0 Å². The molecule has 0 spiro atoms. The van der Waals surface area contributed by atoms with Crippen molar-refractivity contribution in [2.24, 2.45) is 0 Å². The van der Waals surface area contributed by atoms with Crippen LogP contribution in [0.4, 0.5) is 4.39 Å². The minimum atomic E-state index is -4.11. The third kappa shape index (κ3) is 4.83. The number of carbonyl (C=O) groups excluding carboxylic acids is 1. The van der Waals surface area contributed by atoms with E-state index in [1.807, 2.05) is 4.83 Å². The molecule has 8 nitrogen and oxygen atoms in total. The van der Waals surface area contributed by atoms with Crippen LogP contribution in [-0.4, -0.2) is 44.9 Å². The first-order valence-corrected chi connectivity index (χ1v) is 12.3. The highest BCUT2D eigenvalue weighted by Crippen LogP contribution is 2.29. The van der Waals surface area contributed by atoms with E-state index in [2.05, 4.69) is 18.1 Å². The highest BCUT2D eigenvalue weighted by atomic mass is 32.2. The van der Waals surface area contributed by atoms with E-state index in [1.165, 1.54) is 12.1 Å². The van der Waals surface area contributed by atoms with Gasteiger partial charge in [-0.2, -0.15) is 16.9 Å². The molecule has 1 amide bonds. The zero-order valence-electron chi connectivity index (χ0n) is 15.8. The molecule has 12 heteroatoms. The molecule has 1 heterocycles. The highest BCUT2D eigenvalue weighted by molar-refractivity contribution is 7.89. The lowest BCUT2D eigenvalue weighted by Crippen LogP contribution is -2.51. The zero-order valence-corrected chi connectivity index (χ0v) is 18.3. The van der Waals surface area contributed by atoms with Gasteiger partial charge in [-0.25, -0.2) is 21.2 Å². The Morgan fingerprint density at radius 3 is 2.20 bits per heavy atom. The third-order valence-corrected chi connectivity index (χ3v) is 8.12. The summed E-state index contributed by atoms with van der Waals surface area (Å²) in [6.45, 7) is 1.75. The second-order valence-electron chi connectivity index (χ2n) is 6.84. The van der Waals surface area contributed by atoms with Crippen molar-refractivity contribution in [1.82, 2.24) is 14.6 Å². The van der Waals surface area contributed by atoms with Gasteiger partial charge in [-0.1, -0.05) is 17.7 Å². The van der Waals surface area contributed by atoms with Crippen LogP contribution in [0.2, 0.25) is 0 Å². The number of carbonyl (C=O) groups is 1. The van der Waals surface area contributed by atoms with E-state index in [9.17, 15) is 26.0 Å². The lowest BCUT2D eigenvalue weighted by Gasteiger charge is -2.23. The van der Waals surface area contributed by atoms with Gasteiger partial charge < -0.3 is 0 Å². The fourth-order valence-corrected chi connectivity index (χ4v) is 5.98. The summed E-state index contributed by atoms with van der Waals surface area (Å²) in [7, 11) is -8.15. The Hall–Kier alpha value is -1.99. The Bertz CT molecular complexity index is 1140. The minimum Gasteiger partial charge on any atom is -0.276 e. The number of amides is 1. The molecule has 0 radical (unpaired) electrons. The van der Waals surface area contributed by atoms with Crippen molar-refractivity contribution in [2.75, 3.05) is 6.54 Å². The largest absolute Gasteiger partial charge is 0.276 e. The third-order valence-electron chi connectivity index (χ3n) is 4.60. The first-order valence-electron chi connectivity index (χ1n) is 8.84. The number of nitrogens with zero attached hydrogens (tertiary/aromatic N) is 1. The molecule has 0 saturated carbocycles. The summed E-state index contributed by atoms with van der Waals surface area (Å²) in [4.78, 5) is 14.4. The van der Waals surface area contributed by atoms with Crippen molar-refractivity contribution in [1.29, 1.82) is 0 Å². The summed E-state index contributed by atoms with van der Waals surface area (Å²) in [5.74, 6) is -1.44. The van der Waals surface area contributed by atoms with Gasteiger partial charge in [-0.3, -0.25) is 10.2 Å². The Labute approximate surface area is 180 Å². The van der Waals surface area contributed by atoms with E-state index in [-0.39, 0.29) is 22.8 Å². The Morgan fingerprint density at radius 2 is 1.60 bits per heavy atom. The molecule has 3 rings (SSSR count). The van der Waals surface area contributed by atoms with Crippen LogP contribution in [0.1, 0.15) is 12.0 Å². The molecule has 1 fully saturated rings. The molecule has 2 N–H and O–H groups in total. The number of thiol groups is 1. The van der Waals surface area contributed by atoms with E-state index in [0.717, 1.165) is 34.1 Å². The van der Waals surface area contributed by atoms with Gasteiger partial charge in [-0.15, -0.1) is 4.83 Å². The topological polar surface area (TPSA) is 113 Å². The molecule has 1 aliphatic rings. The molecule has 2 aromatic carbocycles. The minimum absolute atomic E-state index is 0.0500. The molecule has 0 bridgehead atoms. The van der Waals surface area contributed by atoms with Crippen molar-refractivity contribution in [2.45, 2.75) is 34.4 Å². The van der Waals surface area contributed by atoms with E-state index >= 15 is 0 Å². The number of hydrazine groups is 1. The first kappa shape index (κ1) is 22.7. The van der Waals surface area contributed by atoms with Gasteiger partial charge in [-0.05, 0) is 49.7 Å². The van der Waals surface area contributed by atoms with Crippen molar-refractivity contribution in [3.8, 4) is 0 Å². The molecule has 0 aromatic heterocycles. The number of rotatable bonds is 6. The van der Waals surface area contributed by atoms with Crippen LogP contribution in [0.15, 0.2) is 58.3 Å². The van der Waals surface area contributed by atoms with E-state index in [0.29, 0.717) is 0 Å². The fraction of sp³-hybridized carbons (Fsp3) is 0.278. The number of benzene rings is 2. The van der Waals surface area contributed by atoms with Crippen LogP contribution in [0, 0.1) is 12.7 Å². The van der Waals surface area contributed by atoms with Gasteiger partial charge in [0.2, 0.25) is 10.0 Å². The lowest BCUT2D eigenvalue weighted by atomic mass is 10.2. The molecule has 0 aliphatic carbocycles. The summed E-state index contributed by atoms with van der Waals surface area (Å²) in [6, 6.07) is 9.02. The van der Waals surface area contributed by atoms with Crippen LogP contribution in [0.3, 0.4) is 0 Å². The summed E-state index contributed by atoms with van der Waals surface area (Å²) in [6.07, 6.45) is 0.0849. The molecular formula is C18H20FN3O5S3. The molecule has 1 saturated heterocycles. The normalized spacial score (nSPS) is 20.2. The number of aryl methyl sites for hydroxylation is 1. The molecule has 30 heavy (non-hydrogen) atoms. The van der Waals surface area contributed by atoms with Crippen molar-refractivity contribution in [3.05, 3.63) is 59.9 Å².